The van der Waals surface area contributed by atoms with E-state index in [0.717, 1.165) is 35.6 Å². The van der Waals surface area contributed by atoms with Crippen molar-refractivity contribution in [2.45, 2.75) is 51.2 Å². The summed E-state index contributed by atoms with van der Waals surface area (Å²) in [5, 5.41) is 4.19. The minimum atomic E-state index is -0.651. The van der Waals surface area contributed by atoms with Gasteiger partial charge in [0.1, 0.15) is 29.2 Å². The fourth-order valence-corrected chi connectivity index (χ4v) is 4.43. The van der Waals surface area contributed by atoms with E-state index in [-0.39, 0.29) is 12.1 Å². The maximum atomic E-state index is 14.0. The molecule has 1 unspecified atom stereocenters. The Morgan fingerprint density at radius 1 is 1.15 bits per heavy atom. The second kappa shape index (κ2) is 8.06. The van der Waals surface area contributed by atoms with Crippen LogP contribution in [0.15, 0.2) is 30.7 Å². The number of amides is 1. The first-order valence-electron chi connectivity index (χ1n) is 11.2. The number of aromatic nitrogens is 3. The standard InChI is InChI=1S/C24H27F2N5O2/c1-24(2,3)33-23(32)30-7-6-27-11-19(30)21-20-18(14-4-5-14)12-31(22(20)29-13-28-21)17-9-15(25)8-16(26)10-17/h8-10,12-14,19,27H,4-7,11H2,1-3H3. The van der Waals surface area contributed by atoms with E-state index in [2.05, 4.69) is 15.3 Å². The van der Waals surface area contributed by atoms with Crippen molar-refractivity contribution in [3.8, 4) is 5.69 Å². The van der Waals surface area contributed by atoms with Gasteiger partial charge in [-0.15, -0.1) is 0 Å². The van der Waals surface area contributed by atoms with Gasteiger partial charge in [-0.05, 0) is 57.2 Å². The first kappa shape index (κ1) is 21.8. The van der Waals surface area contributed by atoms with Gasteiger partial charge in [0.05, 0.1) is 17.4 Å². The Labute approximate surface area is 190 Å². The molecule has 1 N–H and O–H groups in total. The average Bonchev–Trinajstić information content (AvgIpc) is 3.51. The Morgan fingerprint density at radius 3 is 2.55 bits per heavy atom. The highest BCUT2D eigenvalue weighted by molar-refractivity contribution is 5.86. The summed E-state index contributed by atoms with van der Waals surface area (Å²) < 4.78 is 35.3. The van der Waals surface area contributed by atoms with Crippen LogP contribution in [0.3, 0.4) is 0 Å². The summed E-state index contributed by atoms with van der Waals surface area (Å²) in [4.78, 5) is 23.8. The normalized spacial score (nSPS) is 19.2. The van der Waals surface area contributed by atoms with E-state index in [0.29, 0.717) is 36.9 Å². The van der Waals surface area contributed by atoms with Crippen LogP contribution in [-0.4, -0.2) is 50.8 Å². The molecule has 5 rings (SSSR count). The van der Waals surface area contributed by atoms with Crippen LogP contribution in [-0.2, 0) is 4.74 Å². The largest absolute Gasteiger partial charge is 0.444 e. The predicted molar refractivity (Wildman–Crippen MR) is 119 cm³/mol. The molecule has 0 bridgehead atoms. The molecule has 1 aliphatic heterocycles. The molecule has 1 aromatic carbocycles. The number of nitrogens with zero attached hydrogens (tertiary/aromatic N) is 4. The molecule has 0 radical (unpaired) electrons. The van der Waals surface area contributed by atoms with Gasteiger partial charge in [-0.1, -0.05) is 0 Å². The molecular weight excluding hydrogens is 428 g/mol. The number of piperazine rings is 1. The lowest BCUT2D eigenvalue weighted by molar-refractivity contribution is 0.0115. The highest BCUT2D eigenvalue weighted by Gasteiger charge is 2.36. The van der Waals surface area contributed by atoms with Gasteiger partial charge in [0.15, 0.2) is 0 Å². The van der Waals surface area contributed by atoms with Gasteiger partial charge in [-0.25, -0.2) is 23.5 Å². The van der Waals surface area contributed by atoms with Gasteiger partial charge in [0.2, 0.25) is 0 Å². The van der Waals surface area contributed by atoms with Crippen molar-refractivity contribution in [2.24, 2.45) is 0 Å². The molecule has 7 nitrogen and oxygen atoms in total. The number of nitrogens with one attached hydrogen (secondary N) is 1. The van der Waals surface area contributed by atoms with Crippen molar-refractivity contribution in [3.05, 3.63) is 53.6 Å². The Kier molecular flexibility index (Phi) is 5.31. The van der Waals surface area contributed by atoms with Crippen LogP contribution in [0.1, 0.15) is 56.8 Å². The van der Waals surface area contributed by atoms with Crippen LogP contribution in [0.5, 0.6) is 0 Å². The van der Waals surface area contributed by atoms with Crippen LogP contribution < -0.4 is 5.32 Å². The molecule has 2 fully saturated rings. The lowest BCUT2D eigenvalue weighted by atomic mass is 10.0. The van der Waals surface area contributed by atoms with E-state index in [1.807, 2.05) is 27.0 Å². The van der Waals surface area contributed by atoms with E-state index < -0.39 is 17.2 Å². The summed E-state index contributed by atoms with van der Waals surface area (Å²) in [7, 11) is 0. The molecule has 1 saturated carbocycles. The molecule has 3 aromatic rings. The number of ether oxygens (including phenoxy) is 1. The van der Waals surface area contributed by atoms with Gasteiger partial charge in [0, 0.05) is 37.3 Å². The van der Waals surface area contributed by atoms with Crippen molar-refractivity contribution in [1.29, 1.82) is 0 Å². The van der Waals surface area contributed by atoms with Gasteiger partial charge in [0.25, 0.3) is 0 Å². The van der Waals surface area contributed by atoms with Crippen molar-refractivity contribution in [3.63, 3.8) is 0 Å². The number of hydrogen-bond donors (Lipinski definition) is 1. The maximum absolute atomic E-state index is 14.0. The maximum Gasteiger partial charge on any atom is 0.410 e. The average molecular weight is 456 g/mol. The van der Waals surface area contributed by atoms with Gasteiger partial charge in [-0.2, -0.15) is 0 Å². The smallest absolute Gasteiger partial charge is 0.410 e. The lowest BCUT2D eigenvalue weighted by Crippen LogP contribution is -2.50. The fourth-order valence-electron chi connectivity index (χ4n) is 4.43. The second-order valence-corrected chi connectivity index (χ2v) is 9.71. The number of halogens is 2. The number of hydrogen-bond acceptors (Lipinski definition) is 5. The topological polar surface area (TPSA) is 72.3 Å². The Bertz CT molecular complexity index is 1200. The minimum absolute atomic E-state index is 0.337. The first-order valence-corrected chi connectivity index (χ1v) is 11.2. The van der Waals surface area contributed by atoms with E-state index in [4.69, 9.17) is 4.74 Å². The van der Waals surface area contributed by atoms with Crippen LogP contribution >= 0.6 is 0 Å². The van der Waals surface area contributed by atoms with E-state index >= 15 is 0 Å². The third-order valence-electron chi connectivity index (χ3n) is 5.97. The number of fused-ring (bicyclic) bond motifs is 1. The SMILES string of the molecule is CC(C)(C)OC(=O)N1CCNCC1c1ncnc2c1c(C1CC1)cn2-c1cc(F)cc(F)c1. The summed E-state index contributed by atoms with van der Waals surface area (Å²) in [6, 6.07) is 3.08. The summed E-state index contributed by atoms with van der Waals surface area (Å²) in [5.74, 6) is -0.966. The molecule has 1 saturated heterocycles. The van der Waals surface area contributed by atoms with Crippen molar-refractivity contribution in [1.82, 2.24) is 24.8 Å². The molecule has 0 spiro atoms. The molecule has 1 atom stereocenters. The molecule has 3 heterocycles. The quantitative estimate of drug-likeness (QED) is 0.632. The van der Waals surface area contributed by atoms with Crippen molar-refractivity contribution in [2.75, 3.05) is 19.6 Å². The molecule has 174 valence electrons. The van der Waals surface area contributed by atoms with E-state index in [1.54, 1.807) is 9.47 Å². The number of benzene rings is 1. The molecular formula is C24H27F2N5O2. The summed E-state index contributed by atoms with van der Waals surface area (Å²) in [5.41, 5.74) is 2.08. The van der Waals surface area contributed by atoms with Crippen molar-refractivity contribution >= 4 is 17.1 Å². The number of carbonyl (C=O) groups is 1. The third-order valence-corrected chi connectivity index (χ3v) is 5.97. The van der Waals surface area contributed by atoms with E-state index in [9.17, 15) is 13.6 Å². The summed E-state index contributed by atoms with van der Waals surface area (Å²) in [6.07, 6.45) is 5.03. The monoisotopic (exact) mass is 455 g/mol. The highest BCUT2D eigenvalue weighted by atomic mass is 19.1. The van der Waals surface area contributed by atoms with Crippen LogP contribution in [0.4, 0.5) is 13.6 Å². The third kappa shape index (κ3) is 4.29. The molecule has 1 aliphatic carbocycles. The number of carbonyl (C=O) groups excluding carboxylic acids is 1. The molecule has 2 aromatic heterocycles. The van der Waals surface area contributed by atoms with Gasteiger partial charge >= 0.3 is 6.09 Å². The van der Waals surface area contributed by atoms with Gasteiger partial charge in [-0.3, -0.25) is 4.90 Å². The second-order valence-electron chi connectivity index (χ2n) is 9.71. The minimum Gasteiger partial charge on any atom is -0.444 e. The summed E-state index contributed by atoms with van der Waals surface area (Å²) in [6.45, 7) is 7.19. The zero-order chi connectivity index (χ0) is 23.3. The van der Waals surface area contributed by atoms with Crippen LogP contribution in [0.2, 0.25) is 0 Å². The zero-order valence-corrected chi connectivity index (χ0v) is 18.9. The lowest BCUT2D eigenvalue weighted by Gasteiger charge is -2.37. The van der Waals surface area contributed by atoms with Crippen LogP contribution in [0.25, 0.3) is 16.7 Å². The molecule has 33 heavy (non-hydrogen) atoms. The fraction of sp³-hybridized carbons (Fsp3) is 0.458. The van der Waals surface area contributed by atoms with Gasteiger partial charge < -0.3 is 14.6 Å². The number of rotatable bonds is 3. The van der Waals surface area contributed by atoms with Crippen LogP contribution in [0, 0.1) is 11.6 Å². The molecule has 2 aliphatic rings. The Morgan fingerprint density at radius 2 is 1.88 bits per heavy atom. The van der Waals surface area contributed by atoms with E-state index in [1.165, 1.54) is 18.5 Å². The molecule has 1 amide bonds. The highest BCUT2D eigenvalue weighted by Crippen LogP contribution is 2.46. The Hall–Kier alpha value is -3.07. The predicted octanol–water partition coefficient (Wildman–Crippen LogP) is 4.46. The Balaban J connectivity index is 1.64. The molecule has 9 heteroatoms. The van der Waals surface area contributed by atoms with Crippen molar-refractivity contribution < 1.29 is 18.3 Å². The summed E-state index contributed by atoms with van der Waals surface area (Å²) >= 11 is 0. The zero-order valence-electron chi connectivity index (χ0n) is 18.9. The first-order chi connectivity index (χ1) is 15.7.